The number of anilines is 2. The van der Waals surface area contributed by atoms with Gasteiger partial charge in [-0.3, -0.25) is 4.72 Å². The van der Waals surface area contributed by atoms with E-state index in [1.54, 1.807) is 30.5 Å². The Bertz CT molecular complexity index is 801. The van der Waals surface area contributed by atoms with Gasteiger partial charge in [-0.05, 0) is 56.2 Å². The van der Waals surface area contributed by atoms with Crippen molar-refractivity contribution in [1.82, 2.24) is 4.98 Å². The van der Waals surface area contributed by atoms with Crippen LogP contribution in [0.15, 0.2) is 47.5 Å². The van der Waals surface area contributed by atoms with Gasteiger partial charge in [-0.15, -0.1) is 0 Å². The van der Waals surface area contributed by atoms with Crippen LogP contribution in [-0.4, -0.2) is 39.3 Å². The SMILES string of the molecule is CCOc1ccc(S(=O)(=O)Nc2ccc(NCC3CCCO3)cn2)cc1. The molecule has 0 bridgehead atoms. The van der Waals surface area contributed by atoms with E-state index in [1.807, 2.05) is 6.92 Å². The molecule has 0 radical (unpaired) electrons. The van der Waals surface area contributed by atoms with Crippen LogP contribution < -0.4 is 14.8 Å². The predicted octanol–water partition coefficient (Wildman–Crippen LogP) is 2.87. The lowest BCUT2D eigenvalue weighted by atomic mass is 10.2. The Balaban J connectivity index is 1.59. The molecule has 1 saturated heterocycles. The molecule has 26 heavy (non-hydrogen) atoms. The molecule has 3 rings (SSSR count). The number of ether oxygens (including phenoxy) is 2. The second kappa shape index (κ2) is 8.37. The van der Waals surface area contributed by atoms with E-state index in [1.165, 1.54) is 12.1 Å². The number of sulfonamides is 1. The minimum absolute atomic E-state index is 0.156. The molecule has 0 saturated carbocycles. The Hall–Kier alpha value is -2.32. The Morgan fingerprint density at radius 3 is 2.65 bits per heavy atom. The number of pyridine rings is 1. The molecule has 1 unspecified atom stereocenters. The molecule has 2 heterocycles. The quantitative estimate of drug-likeness (QED) is 0.735. The standard InChI is InChI=1S/C18H23N3O4S/c1-2-24-15-6-8-17(9-7-15)26(22,23)21-18-10-5-14(12-20-18)19-13-16-4-3-11-25-16/h5-10,12,16,19H,2-4,11,13H2,1H3,(H,20,21). The lowest BCUT2D eigenvalue weighted by Crippen LogP contribution is -2.18. The predicted molar refractivity (Wildman–Crippen MR) is 100 cm³/mol. The Kier molecular flexibility index (Phi) is 5.95. The maximum Gasteiger partial charge on any atom is 0.263 e. The zero-order chi connectivity index (χ0) is 18.4. The van der Waals surface area contributed by atoms with Gasteiger partial charge in [0.2, 0.25) is 0 Å². The van der Waals surface area contributed by atoms with Crippen LogP contribution in [0.2, 0.25) is 0 Å². The average Bonchev–Trinajstić information content (AvgIpc) is 3.15. The Labute approximate surface area is 153 Å². The van der Waals surface area contributed by atoms with Gasteiger partial charge in [-0.2, -0.15) is 0 Å². The van der Waals surface area contributed by atoms with Gasteiger partial charge in [0.15, 0.2) is 0 Å². The maximum atomic E-state index is 12.4. The molecular weight excluding hydrogens is 354 g/mol. The van der Waals surface area contributed by atoms with Crippen molar-refractivity contribution in [2.75, 3.05) is 29.8 Å². The summed E-state index contributed by atoms with van der Waals surface area (Å²) in [5.41, 5.74) is 0.824. The topological polar surface area (TPSA) is 89.6 Å². The summed E-state index contributed by atoms with van der Waals surface area (Å²) in [6.45, 7) is 3.94. The van der Waals surface area contributed by atoms with Gasteiger partial charge in [-0.1, -0.05) is 0 Å². The molecule has 1 aromatic heterocycles. The first-order valence-electron chi connectivity index (χ1n) is 8.64. The van der Waals surface area contributed by atoms with E-state index in [4.69, 9.17) is 9.47 Å². The molecule has 0 aliphatic carbocycles. The van der Waals surface area contributed by atoms with Crippen LogP contribution in [0.3, 0.4) is 0 Å². The number of aromatic nitrogens is 1. The van der Waals surface area contributed by atoms with Crippen LogP contribution in [0.1, 0.15) is 19.8 Å². The van der Waals surface area contributed by atoms with Crippen LogP contribution in [0.25, 0.3) is 0 Å². The van der Waals surface area contributed by atoms with E-state index in [2.05, 4.69) is 15.0 Å². The van der Waals surface area contributed by atoms with Gasteiger partial charge < -0.3 is 14.8 Å². The molecular formula is C18H23N3O4S. The number of nitrogens with one attached hydrogen (secondary N) is 2. The minimum Gasteiger partial charge on any atom is -0.494 e. The van der Waals surface area contributed by atoms with Crippen LogP contribution in [0, 0.1) is 0 Å². The Morgan fingerprint density at radius 2 is 2.04 bits per heavy atom. The molecule has 2 N–H and O–H groups in total. The van der Waals surface area contributed by atoms with Gasteiger partial charge in [-0.25, -0.2) is 13.4 Å². The summed E-state index contributed by atoms with van der Waals surface area (Å²) in [6.07, 6.45) is 3.98. The Morgan fingerprint density at radius 1 is 1.23 bits per heavy atom. The molecule has 7 nitrogen and oxygen atoms in total. The molecule has 1 atom stereocenters. The molecule has 8 heteroatoms. The van der Waals surface area contributed by atoms with Crippen LogP contribution in [-0.2, 0) is 14.8 Å². The first kappa shape index (κ1) is 18.5. The van der Waals surface area contributed by atoms with E-state index in [9.17, 15) is 8.42 Å². The first-order valence-corrected chi connectivity index (χ1v) is 10.1. The third-order valence-electron chi connectivity index (χ3n) is 4.01. The zero-order valence-electron chi connectivity index (χ0n) is 14.6. The molecule has 0 amide bonds. The van der Waals surface area contributed by atoms with Crippen LogP contribution in [0.5, 0.6) is 5.75 Å². The number of nitrogens with zero attached hydrogens (tertiary/aromatic N) is 1. The van der Waals surface area contributed by atoms with Crippen molar-refractivity contribution in [1.29, 1.82) is 0 Å². The van der Waals surface area contributed by atoms with Crippen molar-refractivity contribution < 1.29 is 17.9 Å². The minimum atomic E-state index is -3.69. The number of rotatable bonds is 8. The van der Waals surface area contributed by atoms with Gasteiger partial charge in [0.1, 0.15) is 11.6 Å². The molecule has 1 aliphatic rings. The monoisotopic (exact) mass is 377 g/mol. The van der Waals surface area contributed by atoms with Crippen molar-refractivity contribution in [3.8, 4) is 5.75 Å². The summed E-state index contributed by atoms with van der Waals surface area (Å²) in [5.74, 6) is 0.896. The van der Waals surface area contributed by atoms with E-state index in [0.717, 1.165) is 31.7 Å². The van der Waals surface area contributed by atoms with E-state index < -0.39 is 10.0 Å². The maximum absolute atomic E-state index is 12.4. The third kappa shape index (κ3) is 4.86. The second-order valence-corrected chi connectivity index (χ2v) is 7.64. The zero-order valence-corrected chi connectivity index (χ0v) is 15.5. The fourth-order valence-electron chi connectivity index (χ4n) is 2.67. The summed E-state index contributed by atoms with van der Waals surface area (Å²) in [5, 5.41) is 3.25. The van der Waals surface area contributed by atoms with Crippen molar-refractivity contribution in [2.24, 2.45) is 0 Å². The molecule has 1 fully saturated rings. The fraction of sp³-hybridized carbons (Fsp3) is 0.389. The number of hydrogen-bond donors (Lipinski definition) is 2. The summed E-state index contributed by atoms with van der Waals surface area (Å²) in [4.78, 5) is 4.32. The van der Waals surface area contributed by atoms with Crippen molar-refractivity contribution in [2.45, 2.75) is 30.8 Å². The van der Waals surface area contributed by atoms with Gasteiger partial charge >= 0.3 is 0 Å². The second-order valence-electron chi connectivity index (χ2n) is 5.96. The molecule has 0 spiro atoms. The summed E-state index contributed by atoms with van der Waals surface area (Å²) < 4.78 is 38.2. The van der Waals surface area contributed by atoms with Crippen LogP contribution >= 0.6 is 0 Å². The number of hydrogen-bond acceptors (Lipinski definition) is 6. The first-order chi connectivity index (χ1) is 12.6. The van der Waals surface area contributed by atoms with Crippen molar-refractivity contribution >= 4 is 21.5 Å². The summed E-state index contributed by atoms with van der Waals surface area (Å²) >= 11 is 0. The lowest BCUT2D eigenvalue weighted by Gasteiger charge is -2.12. The largest absolute Gasteiger partial charge is 0.494 e. The molecule has 1 aliphatic heterocycles. The highest BCUT2D eigenvalue weighted by Gasteiger charge is 2.16. The van der Waals surface area contributed by atoms with Crippen molar-refractivity contribution in [3.63, 3.8) is 0 Å². The molecule has 140 valence electrons. The highest BCUT2D eigenvalue weighted by molar-refractivity contribution is 7.92. The van der Waals surface area contributed by atoms with E-state index >= 15 is 0 Å². The fourth-order valence-corrected chi connectivity index (χ4v) is 3.68. The van der Waals surface area contributed by atoms with Crippen molar-refractivity contribution in [3.05, 3.63) is 42.6 Å². The third-order valence-corrected chi connectivity index (χ3v) is 5.38. The number of benzene rings is 1. The lowest BCUT2D eigenvalue weighted by molar-refractivity contribution is 0.120. The van der Waals surface area contributed by atoms with Gasteiger partial charge in [0, 0.05) is 13.2 Å². The van der Waals surface area contributed by atoms with E-state index in [-0.39, 0.29) is 16.8 Å². The normalized spacial score (nSPS) is 17.0. The smallest absolute Gasteiger partial charge is 0.263 e. The highest BCUT2D eigenvalue weighted by Crippen LogP contribution is 2.19. The van der Waals surface area contributed by atoms with Gasteiger partial charge in [0.05, 0.1) is 29.5 Å². The highest BCUT2D eigenvalue weighted by atomic mass is 32.2. The average molecular weight is 377 g/mol. The molecule has 2 aromatic rings. The summed E-state index contributed by atoms with van der Waals surface area (Å²) in [7, 11) is -3.69. The summed E-state index contributed by atoms with van der Waals surface area (Å²) in [6, 6.07) is 9.69. The van der Waals surface area contributed by atoms with Gasteiger partial charge in [0.25, 0.3) is 10.0 Å². The van der Waals surface area contributed by atoms with Crippen LogP contribution in [0.4, 0.5) is 11.5 Å². The van der Waals surface area contributed by atoms with E-state index in [0.29, 0.717) is 12.4 Å². The molecule has 1 aromatic carbocycles.